The van der Waals surface area contributed by atoms with Crippen LogP contribution >= 0.6 is 0 Å². The lowest BCUT2D eigenvalue weighted by Gasteiger charge is -2.25. The molecule has 1 aromatic rings. The molecule has 1 unspecified atom stereocenters. The Morgan fingerprint density at radius 1 is 1.48 bits per heavy atom. The number of fused-ring (bicyclic) bond motifs is 1. The number of carbonyl (C=O) groups excluding carboxylic acids is 3. The third kappa shape index (κ3) is 3.59. The largest absolute Gasteiger partial charge is 0.396 e. The summed E-state index contributed by atoms with van der Waals surface area (Å²) in [7, 11) is 1.52. The molecule has 1 heterocycles. The molecule has 23 heavy (non-hydrogen) atoms. The molecule has 1 atom stereocenters. The Labute approximate surface area is 135 Å². The van der Waals surface area contributed by atoms with Gasteiger partial charge >= 0.3 is 0 Å². The topological polar surface area (TPSA) is 86.7 Å². The molecule has 1 aromatic carbocycles. The zero-order valence-corrected chi connectivity index (χ0v) is 13.2. The summed E-state index contributed by atoms with van der Waals surface area (Å²) in [5.74, 6) is -0.435. The summed E-state index contributed by atoms with van der Waals surface area (Å²) < 4.78 is 0. The summed E-state index contributed by atoms with van der Waals surface area (Å²) in [5.41, 5.74) is 2.56. The van der Waals surface area contributed by atoms with Gasteiger partial charge < -0.3 is 20.1 Å². The molecule has 1 aliphatic heterocycles. The van der Waals surface area contributed by atoms with E-state index in [0.29, 0.717) is 31.4 Å². The lowest BCUT2D eigenvalue weighted by Crippen LogP contribution is -2.46. The van der Waals surface area contributed by atoms with E-state index in [1.165, 1.54) is 11.9 Å². The quantitative estimate of drug-likeness (QED) is 0.690. The molecule has 0 saturated carbocycles. The first-order chi connectivity index (χ1) is 11.1. The number of amides is 2. The zero-order chi connectivity index (χ0) is 16.8. The highest BCUT2D eigenvalue weighted by molar-refractivity contribution is 6.01. The van der Waals surface area contributed by atoms with Crippen molar-refractivity contribution in [2.45, 2.75) is 38.3 Å². The van der Waals surface area contributed by atoms with Gasteiger partial charge in [-0.3, -0.25) is 9.59 Å². The van der Waals surface area contributed by atoms with E-state index >= 15 is 0 Å². The summed E-state index contributed by atoms with van der Waals surface area (Å²) >= 11 is 0. The summed E-state index contributed by atoms with van der Waals surface area (Å²) in [6, 6.07) is 4.90. The van der Waals surface area contributed by atoms with Crippen molar-refractivity contribution < 1.29 is 19.5 Å². The van der Waals surface area contributed by atoms with Crippen molar-refractivity contribution in [3.8, 4) is 0 Å². The lowest BCUT2D eigenvalue weighted by molar-refractivity contribution is -0.125. The van der Waals surface area contributed by atoms with Crippen molar-refractivity contribution in [2.75, 3.05) is 13.7 Å². The van der Waals surface area contributed by atoms with Gasteiger partial charge in [-0.2, -0.15) is 0 Å². The minimum atomic E-state index is -0.643. The highest BCUT2D eigenvalue weighted by Gasteiger charge is 2.36. The van der Waals surface area contributed by atoms with Crippen LogP contribution in [0, 0.1) is 0 Å². The molecule has 0 aliphatic carbocycles. The molecular weight excluding hydrogens is 296 g/mol. The van der Waals surface area contributed by atoms with Gasteiger partial charge in [0.15, 0.2) is 0 Å². The number of likely N-dealkylation sites (N-methyl/N-ethyl adjacent to an activating group) is 1. The van der Waals surface area contributed by atoms with Gasteiger partial charge in [0.2, 0.25) is 5.91 Å². The van der Waals surface area contributed by atoms with Gasteiger partial charge in [0.05, 0.1) is 0 Å². The average Bonchev–Trinajstić information content (AvgIpc) is 2.90. The molecule has 1 aliphatic rings. The Hall–Kier alpha value is -2.21. The van der Waals surface area contributed by atoms with Crippen LogP contribution in [0.15, 0.2) is 18.2 Å². The van der Waals surface area contributed by atoms with Crippen molar-refractivity contribution in [1.29, 1.82) is 0 Å². The van der Waals surface area contributed by atoms with E-state index in [0.717, 1.165) is 17.4 Å². The molecule has 2 amide bonds. The molecule has 0 aromatic heterocycles. The number of benzene rings is 1. The number of aliphatic hydroxyl groups excluding tert-OH is 1. The van der Waals surface area contributed by atoms with Crippen LogP contribution in [-0.4, -0.2) is 47.8 Å². The Bertz CT molecular complexity index is 600. The molecule has 0 fully saturated rings. The molecule has 6 nitrogen and oxygen atoms in total. The molecule has 0 bridgehead atoms. The van der Waals surface area contributed by atoms with E-state index in [1.54, 1.807) is 6.07 Å². The third-order valence-corrected chi connectivity index (χ3v) is 4.18. The summed E-state index contributed by atoms with van der Waals surface area (Å²) in [5, 5.41) is 11.6. The summed E-state index contributed by atoms with van der Waals surface area (Å²) in [6.45, 7) is 0.467. The molecular formula is C17H22N2O4. The SMILES string of the molecule is CNC(=O)C(CCC=O)N1Cc2c(CCCO)cccc2C1=O. The molecule has 0 spiro atoms. The third-order valence-electron chi connectivity index (χ3n) is 4.18. The van der Waals surface area contributed by atoms with Crippen LogP contribution in [0.4, 0.5) is 0 Å². The van der Waals surface area contributed by atoms with E-state index in [-0.39, 0.29) is 24.8 Å². The standard InChI is InChI=1S/C17H22N2O4/c1-18-16(22)15(8-4-10-21)19-11-14-12(6-3-9-20)5-2-7-13(14)17(19)23/h2,5,7,10,15,20H,3-4,6,8-9,11H2,1H3,(H,18,22). The van der Waals surface area contributed by atoms with E-state index < -0.39 is 6.04 Å². The van der Waals surface area contributed by atoms with Gasteiger partial charge in [0, 0.05) is 32.2 Å². The number of carbonyl (C=O) groups is 3. The van der Waals surface area contributed by atoms with E-state index in [9.17, 15) is 14.4 Å². The number of nitrogens with zero attached hydrogens (tertiary/aromatic N) is 1. The number of aryl methyl sites for hydroxylation is 1. The lowest BCUT2D eigenvalue weighted by atomic mass is 10.00. The van der Waals surface area contributed by atoms with Gasteiger partial charge in [0.1, 0.15) is 12.3 Å². The van der Waals surface area contributed by atoms with E-state index in [4.69, 9.17) is 5.11 Å². The second-order valence-corrected chi connectivity index (χ2v) is 5.58. The second-order valence-electron chi connectivity index (χ2n) is 5.58. The van der Waals surface area contributed by atoms with Crippen LogP contribution < -0.4 is 5.32 Å². The van der Waals surface area contributed by atoms with Gasteiger partial charge in [-0.25, -0.2) is 0 Å². The molecule has 2 rings (SSSR count). The average molecular weight is 318 g/mol. The fourth-order valence-electron chi connectivity index (χ4n) is 3.00. The highest BCUT2D eigenvalue weighted by Crippen LogP contribution is 2.29. The molecule has 0 saturated heterocycles. The monoisotopic (exact) mass is 318 g/mol. The first-order valence-corrected chi connectivity index (χ1v) is 7.81. The Morgan fingerprint density at radius 3 is 2.91 bits per heavy atom. The Morgan fingerprint density at radius 2 is 2.26 bits per heavy atom. The summed E-state index contributed by atoms with van der Waals surface area (Å²) in [4.78, 5) is 36.9. The maximum atomic E-state index is 12.7. The first kappa shape index (κ1) is 17.1. The molecule has 2 N–H and O–H groups in total. The van der Waals surface area contributed by atoms with Crippen LogP contribution in [0.5, 0.6) is 0 Å². The number of hydrogen-bond acceptors (Lipinski definition) is 4. The number of aldehydes is 1. The highest BCUT2D eigenvalue weighted by atomic mass is 16.3. The first-order valence-electron chi connectivity index (χ1n) is 7.81. The maximum Gasteiger partial charge on any atom is 0.255 e. The van der Waals surface area contributed by atoms with Crippen molar-refractivity contribution in [1.82, 2.24) is 10.2 Å². The van der Waals surface area contributed by atoms with Crippen LogP contribution in [-0.2, 0) is 22.6 Å². The predicted octanol–water partition coefficient (Wildman–Crippen LogP) is 0.661. The van der Waals surface area contributed by atoms with Crippen LogP contribution in [0.25, 0.3) is 0 Å². The Kier molecular flexibility index (Phi) is 5.87. The minimum Gasteiger partial charge on any atom is -0.396 e. The number of nitrogens with one attached hydrogen (secondary N) is 1. The fourth-order valence-corrected chi connectivity index (χ4v) is 3.00. The molecule has 124 valence electrons. The van der Waals surface area contributed by atoms with Gasteiger partial charge in [-0.05, 0) is 36.5 Å². The normalized spacial score (nSPS) is 14.5. The second kappa shape index (κ2) is 7.87. The van der Waals surface area contributed by atoms with Crippen LogP contribution in [0.1, 0.15) is 40.7 Å². The van der Waals surface area contributed by atoms with Crippen molar-refractivity contribution >= 4 is 18.1 Å². The van der Waals surface area contributed by atoms with Crippen LogP contribution in [0.3, 0.4) is 0 Å². The number of aliphatic hydroxyl groups is 1. The zero-order valence-electron chi connectivity index (χ0n) is 13.2. The van der Waals surface area contributed by atoms with Crippen molar-refractivity contribution in [2.24, 2.45) is 0 Å². The van der Waals surface area contributed by atoms with Crippen molar-refractivity contribution in [3.05, 3.63) is 34.9 Å². The van der Waals surface area contributed by atoms with E-state index in [1.807, 2.05) is 12.1 Å². The van der Waals surface area contributed by atoms with Crippen molar-refractivity contribution in [3.63, 3.8) is 0 Å². The maximum absolute atomic E-state index is 12.7. The molecule has 0 radical (unpaired) electrons. The number of hydrogen-bond donors (Lipinski definition) is 2. The minimum absolute atomic E-state index is 0.0987. The summed E-state index contributed by atoms with van der Waals surface area (Å²) in [6.07, 6.45) is 2.63. The smallest absolute Gasteiger partial charge is 0.255 e. The number of rotatable bonds is 8. The van der Waals surface area contributed by atoms with Gasteiger partial charge in [0.25, 0.3) is 5.91 Å². The fraction of sp³-hybridized carbons (Fsp3) is 0.471. The van der Waals surface area contributed by atoms with Crippen LogP contribution in [0.2, 0.25) is 0 Å². The molecule has 6 heteroatoms. The van der Waals surface area contributed by atoms with Gasteiger partial charge in [-0.1, -0.05) is 12.1 Å². The Balaban J connectivity index is 2.27. The van der Waals surface area contributed by atoms with E-state index in [2.05, 4.69) is 5.32 Å². The predicted molar refractivity (Wildman–Crippen MR) is 84.9 cm³/mol. The van der Waals surface area contributed by atoms with Gasteiger partial charge in [-0.15, -0.1) is 0 Å².